The molecule has 3 rings (SSSR count). The molecule has 2 N–H and O–H groups in total. The zero-order chi connectivity index (χ0) is 25.3. The van der Waals surface area contributed by atoms with Gasteiger partial charge < -0.3 is 10.1 Å². The second-order valence-electron chi connectivity index (χ2n) is 7.62. The summed E-state index contributed by atoms with van der Waals surface area (Å²) in [6.07, 6.45) is 2.47. The summed E-state index contributed by atoms with van der Waals surface area (Å²) in [7, 11) is -3.67. The van der Waals surface area contributed by atoms with Crippen molar-refractivity contribution in [2.45, 2.75) is 6.92 Å². The van der Waals surface area contributed by atoms with Crippen molar-refractivity contribution >= 4 is 39.4 Å². The summed E-state index contributed by atoms with van der Waals surface area (Å²) >= 11 is 0. The summed E-state index contributed by atoms with van der Waals surface area (Å²) in [5, 5.41) is 6.62. The van der Waals surface area contributed by atoms with Gasteiger partial charge in [0.15, 0.2) is 6.61 Å². The molecule has 0 fully saturated rings. The molecule has 3 aromatic rings. The zero-order valence-electron chi connectivity index (χ0n) is 19.3. The fourth-order valence-electron chi connectivity index (χ4n) is 3.09. The van der Waals surface area contributed by atoms with Gasteiger partial charge in [-0.15, -0.1) is 0 Å². The molecule has 2 amide bonds. The second kappa shape index (κ2) is 11.8. The van der Waals surface area contributed by atoms with E-state index in [1.165, 1.54) is 6.21 Å². The first-order chi connectivity index (χ1) is 16.7. The smallest absolute Gasteiger partial charge is 0.262 e. The lowest BCUT2D eigenvalue weighted by Crippen LogP contribution is -2.39. The molecular weight excluding hydrogens is 468 g/mol. The Kier molecular flexibility index (Phi) is 8.58. The third-order valence-electron chi connectivity index (χ3n) is 4.78. The third-order valence-corrected chi connectivity index (χ3v) is 5.91. The number of rotatable bonds is 10. The van der Waals surface area contributed by atoms with Crippen LogP contribution in [-0.4, -0.2) is 45.9 Å². The van der Waals surface area contributed by atoms with Crippen LogP contribution in [0.4, 0.5) is 11.4 Å². The molecule has 35 heavy (non-hydrogen) atoms. The van der Waals surface area contributed by atoms with Gasteiger partial charge in [0, 0.05) is 5.69 Å². The highest BCUT2D eigenvalue weighted by molar-refractivity contribution is 7.92. The van der Waals surface area contributed by atoms with Gasteiger partial charge in [0.25, 0.3) is 11.8 Å². The lowest BCUT2D eigenvalue weighted by Gasteiger charge is -2.23. The summed E-state index contributed by atoms with van der Waals surface area (Å²) in [5.41, 5.74) is 4.86. The van der Waals surface area contributed by atoms with Crippen molar-refractivity contribution in [1.29, 1.82) is 0 Å². The molecule has 9 nitrogen and oxygen atoms in total. The van der Waals surface area contributed by atoms with E-state index in [9.17, 15) is 18.0 Å². The van der Waals surface area contributed by atoms with Gasteiger partial charge in [-0.25, -0.2) is 13.8 Å². The van der Waals surface area contributed by atoms with E-state index in [0.29, 0.717) is 22.7 Å². The number of carbonyl (C=O) groups excluding carboxylic acids is 2. The second-order valence-corrected chi connectivity index (χ2v) is 9.53. The van der Waals surface area contributed by atoms with Gasteiger partial charge in [0.2, 0.25) is 10.0 Å². The Balaban J connectivity index is 1.50. The van der Waals surface area contributed by atoms with Gasteiger partial charge in [-0.2, -0.15) is 5.10 Å². The molecule has 10 heteroatoms. The van der Waals surface area contributed by atoms with Gasteiger partial charge in [0.1, 0.15) is 12.3 Å². The Hall–Kier alpha value is -4.18. The Labute approximate surface area is 204 Å². The standard InChI is InChI=1S/C25H26N4O5S/c1-19-8-6-7-11-23(19)29(35(2,32)33)17-24(30)28-26-16-20-12-14-22(15-13-20)34-18-25(31)27-21-9-4-3-5-10-21/h3-16H,17-18H2,1-2H3,(H,27,31)(H,28,30)/b26-16-. The zero-order valence-corrected chi connectivity index (χ0v) is 20.2. The van der Waals surface area contributed by atoms with Gasteiger partial charge in [-0.3, -0.25) is 13.9 Å². The molecule has 0 unspecified atom stereocenters. The molecule has 0 saturated heterocycles. The number of carbonyl (C=O) groups is 2. The number of amides is 2. The van der Waals surface area contributed by atoms with Crippen molar-refractivity contribution in [3.8, 4) is 5.75 Å². The van der Waals surface area contributed by atoms with E-state index in [4.69, 9.17) is 4.74 Å². The predicted octanol–water partition coefficient (Wildman–Crippen LogP) is 2.93. The monoisotopic (exact) mass is 494 g/mol. The van der Waals surface area contributed by atoms with Crippen LogP contribution in [0.5, 0.6) is 5.75 Å². The summed E-state index contributed by atoms with van der Waals surface area (Å²) < 4.78 is 30.9. The minimum Gasteiger partial charge on any atom is -0.484 e. The number of hydrazone groups is 1. The first-order valence-corrected chi connectivity index (χ1v) is 12.5. The number of hydrogen-bond donors (Lipinski definition) is 2. The highest BCUT2D eigenvalue weighted by Gasteiger charge is 2.21. The third kappa shape index (κ3) is 7.97. The molecule has 0 radical (unpaired) electrons. The summed E-state index contributed by atoms with van der Waals surface area (Å²) in [4.78, 5) is 24.3. The maximum absolute atomic E-state index is 12.3. The summed E-state index contributed by atoms with van der Waals surface area (Å²) in [6, 6.07) is 22.7. The van der Waals surface area contributed by atoms with E-state index < -0.39 is 22.5 Å². The number of anilines is 2. The SMILES string of the molecule is Cc1ccccc1N(CC(=O)N/N=C\c1ccc(OCC(=O)Nc2ccccc2)cc1)S(C)(=O)=O. The molecule has 0 atom stereocenters. The molecule has 182 valence electrons. The number of para-hydroxylation sites is 2. The molecule has 0 spiro atoms. The average molecular weight is 495 g/mol. The molecule has 0 bridgehead atoms. The van der Waals surface area contributed by atoms with Gasteiger partial charge in [-0.05, 0) is 60.5 Å². The number of hydrogen-bond acceptors (Lipinski definition) is 6. The normalized spacial score (nSPS) is 11.1. The molecule has 0 saturated carbocycles. The number of nitrogens with one attached hydrogen (secondary N) is 2. The first-order valence-electron chi connectivity index (χ1n) is 10.7. The van der Waals surface area contributed by atoms with Crippen LogP contribution in [0.1, 0.15) is 11.1 Å². The van der Waals surface area contributed by atoms with Crippen LogP contribution in [0.15, 0.2) is 84.0 Å². The number of ether oxygens (including phenoxy) is 1. The van der Waals surface area contributed by atoms with Crippen LogP contribution in [-0.2, 0) is 19.6 Å². The van der Waals surface area contributed by atoms with E-state index >= 15 is 0 Å². The maximum atomic E-state index is 12.3. The lowest BCUT2D eigenvalue weighted by molar-refractivity contribution is -0.119. The van der Waals surface area contributed by atoms with Gasteiger partial charge in [-0.1, -0.05) is 36.4 Å². The lowest BCUT2D eigenvalue weighted by atomic mass is 10.2. The van der Waals surface area contributed by atoms with Crippen LogP contribution in [0.25, 0.3) is 0 Å². The number of benzene rings is 3. The Morgan fingerprint density at radius 1 is 0.943 bits per heavy atom. The summed E-state index contributed by atoms with van der Waals surface area (Å²) in [5.74, 6) is -0.367. The Morgan fingerprint density at radius 2 is 1.60 bits per heavy atom. The highest BCUT2D eigenvalue weighted by atomic mass is 32.2. The predicted molar refractivity (Wildman–Crippen MR) is 136 cm³/mol. The van der Waals surface area contributed by atoms with Crippen LogP contribution in [0.3, 0.4) is 0 Å². The van der Waals surface area contributed by atoms with Crippen LogP contribution in [0, 0.1) is 6.92 Å². The molecule has 0 heterocycles. The van der Waals surface area contributed by atoms with E-state index in [1.807, 2.05) is 18.2 Å². The minimum atomic E-state index is -3.67. The summed E-state index contributed by atoms with van der Waals surface area (Å²) in [6.45, 7) is 1.22. The number of nitrogens with zero attached hydrogens (tertiary/aromatic N) is 2. The van der Waals surface area contributed by atoms with E-state index in [2.05, 4.69) is 15.8 Å². The van der Waals surface area contributed by atoms with Gasteiger partial charge in [0.05, 0.1) is 18.2 Å². The van der Waals surface area contributed by atoms with Crippen LogP contribution < -0.4 is 19.8 Å². The maximum Gasteiger partial charge on any atom is 0.262 e. The van der Waals surface area contributed by atoms with Crippen LogP contribution >= 0.6 is 0 Å². The Morgan fingerprint density at radius 3 is 2.26 bits per heavy atom. The topological polar surface area (TPSA) is 117 Å². The van der Waals surface area contributed by atoms with Crippen molar-refractivity contribution in [1.82, 2.24) is 5.43 Å². The average Bonchev–Trinajstić information content (AvgIpc) is 2.82. The molecule has 0 aliphatic rings. The first kappa shape index (κ1) is 25.4. The van der Waals surface area contributed by atoms with E-state index in [0.717, 1.165) is 16.1 Å². The largest absolute Gasteiger partial charge is 0.484 e. The fourth-order valence-corrected chi connectivity index (χ4v) is 4.00. The molecule has 0 aliphatic carbocycles. The van der Waals surface area contributed by atoms with Gasteiger partial charge >= 0.3 is 0 Å². The quantitative estimate of drug-likeness (QED) is 0.332. The fraction of sp³-hybridized carbons (Fsp3) is 0.160. The number of aryl methyl sites for hydroxylation is 1. The van der Waals surface area contributed by atoms with Crippen LogP contribution in [0.2, 0.25) is 0 Å². The van der Waals surface area contributed by atoms with Crippen molar-refractivity contribution in [2.24, 2.45) is 5.10 Å². The molecular formula is C25H26N4O5S. The Bertz CT molecular complexity index is 1290. The molecule has 3 aromatic carbocycles. The van der Waals surface area contributed by atoms with E-state index in [-0.39, 0.29) is 12.5 Å². The molecule has 0 aliphatic heterocycles. The van der Waals surface area contributed by atoms with Crippen molar-refractivity contribution in [3.05, 3.63) is 90.0 Å². The van der Waals surface area contributed by atoms with Crippen molar-refractivity contribution in [2.75, 3.05) is 29.0 Å². The minimum absolute atomic E-state index is 0.143. The highest BCUT2D eigenvalue weighted by Crippen LogP contribution is 2.21. The van der Waals surface area contributed by atoms with Crippen molar-refractivity contribution in [3.63, 3.8) is 0 Å². The number of sulfonamides is 1. The van der Waals surface area contributed by atoms with E-state index in [1.54, 1.807) is 67.6 Å². The van der Waals surface area contributed by atoms with Crippen molar-refractivity contribution < 1.29 is 22.7 Å². The molecule has 0 aromatic heterocycles.